The van der Waals surface area contributed by atoms with E-state index in [1.54, 1.807) is 11.9 Å². The number of carbonyl (C=O) groups is 2. The molecule has 8 heteroatoms. The third kappa shape index (κ3) is 6.31. The van der Waals surface area contributed by atoms with E-state index in [2.05, 4.69) is 10.6 Å². The van der Waals surface area contributed by atoms with Crippen LogP contribution in [0, 0.1) is 10.1 Å². The van der Waals surface area contributed by atoms with Gasteiger partial charge in [0.25, 0.3) is 5.69 Å². The van der Waals surface area contributed by atoms with Crippen LogP contribution >= 0.6 is 0 Å². The van der Waals surface area contributed by atoms with Crippen molar-refractivity contribution >= 4 is 23.2 Å². The van der Waals surface area contributed by atoms with Crippen LogP contribution in [0.15, 0.2) is 24.3 Å². The second-order valence-electron chi connectivity index (χ2n) is 5.25. The van der Waals surface area contributed by atoms with Gasteiger partial charge in [0.1, 0.15) is 0 Å². The molecule has 120 valence electrons. The lowest BCUT2D eigenvalue weighted by Crippen LogP contribution is -2.41. The molecule has 1 aromatic carbocycles. The molecule has 0 aliphatic rings. The Labute approximate surface area is 128 Å². The number of nitrogens with one attached hydrogen (secondary N) is 2. The number of carbonyl (C=O) groups excluding carboxylic acids is 2. The minimum atomic E-state index is -0.507. The molecule has 2 amide bonds. The van der Waals surface area contributed by atoms with Crippen LogP contribution in [-0.2, 0) is 9.59 Å². The van der Waals surface area contributed by atoms with Gasteiger partial charge in [-0.1, -0.05) is 0 Å². The quantitative estimate of drug-likeness (QED) is 0.577. The zero-order valence-electron chi connectivity index (χ0n) is 12.8. The summed E-state index contributed by atoms with van der Waals surface area (Å²) in [6.45, 7) is 3.88. The SMILES string of the molecule is CC(C)NC(=O)CN(C)CC(=O)Nc1ccc([N+](=O)[O-])cc1. The Morgan fingerprint density at radius 3 is 2.23 bits per heavy atom. The molecule has 0 unspecified atom stereocenters. The van der Waals surface area contributed by atoms with Gasteiger partial charge in [-0.15, -0.1) is 0 Å². The average molecular weight is 308 g/mol. The smallest absolute Gasteiger partial charge is 0.269 e. The fraction of sp³-hybridized carbons (Fsp3) is 0.429. The Balaban J connectivity index is 2.45. The third-order valence-electron chi connectivity index (χ3n) is 2.64. The molecule has 0 aliphatic heterocycles. The number of hydrogen-bond acceptors (Lipinski definition) is 5. The minimum Gasteiger partial charge on any atom is -0.353 e. The first kappa shape index (κ1) is 17.6. The highest BCUT2D eigenvalue weighted by Gasteiger charge is 2.12. The molecule has 0 radical (unpaired) electrons. The van der Waals surface area contributed by atoms with Gasteiger partial charge in [-0.3, -0.25) is 24.6 Å². The molecule has 0 aromatic heterocycles. The van der Waals surface area contributed by atoms with E-state index in [-0.39, 0.29) is 36.6 Å². The molecular weight excluding hydrogens is 288 g/mol. The van der Waals surface area contributed by atoms with Crippen LogP contribution in [0.1, 0.15) is 13.8 Å². The zero-order valence-corrected chi connectivity index (χ0v) is 12.8. The van der Waals surface area contributed by atoms with Gasteiger partial charge in [-0.25, -0.2) is 0 Å². The Morgan fingerprint density at radius 2 is 1.73 bits per heavy atom. The monoisotopic (exact) mass is 308 g/mol. The number of benzene rings is 1. The molecule has 22 heavy (non-hydrogen) atoms. The second kappa shape index (κ2) is 8.08. The predicted octanol–water partition coefficient (Wildman–Crippen LogP) is 0.990. The van der Waals surface area contributed by atoms with E-state index < -0.39 is 4.92 Å². The summed E-state index contributed by atoms with van der Waals surface area (Å²) in [5.41, 5.74) is 0.427. The number of anilines is 1. The number of hydrogen-bond donors (Lipinski definition) is 2. The van der Waals surface area contributed by atoms with Crippen LogP contribution in [0.5, 0.6) is 0 Å². The summed E-state index contributed by atoms with van der Waals surface area (Å²) in [6, 6.07) is 5.60. The van der Waals surface area contributed by atoms with Gasteiger partial charge in [-0.05, 0) is 33.0 Å². The lowest BCUT2D eigenvalue weighted by Gasteiger charge is -2.17. The number of non-ortho nitro benzene ring substituents is 1. The predicted molar refractivity (Wildman–Crippen MR) is 82.5 cm³/mol. The van der Waals surface area contributed by atoms with Crippen molar-refractivity contribution in [1.82, 2.24) is 10.2 Å². The maximum atomic E-state index is 11.8. The molecule has 0 heterocycles. The normalized spacial score (nSPS) is 10.6. The van der Waals surface area contributed by atoms with Crippen molar-refractivity contribution in [2.24, 2.45) is 0 Å². The first-order valence-electron chi connectivity index (χ1n) is 6.80. The molecule has 2 N–H and O–H groups in total. The first-order chi connectivity index (χ1) is 10.3. The van der Waals surface area contributed by atoms with Crippen LogP contribution in [0.2, 0.25) is 0 Å². The van der Waals surface area contributed by atoms with Crippen molar-refractivity contribution < 1.29 is 14.5 Å². The van der Waals surface area contributed by atoms with Crippen molar-refractivity contribution in [3.8, 4) is 0 Å². The number of likely N-dealkylation sites (N-methyl/N-ethyl adjacent to an activating group) is 1. The Bertz CT molecular complexity index is 542. The number of nitro groups is 1. The summed E-state index contributed by atoms with van der Waals surface area (Å²) in [5.74, 6) is -0.450. The van der Waals surface area contributed by atoms with Crippen molar-refractivity contribution in [2.45, 2.75) is 19.9 Å². The molecule has 0 atom stereocenters. The van der Waals surface area contributed by atoms with Crippen LogP contribution in [0.3, 0.4) is 0 Å². The van der Waals surface area contributed by atoms with Crippen LogP contribution in [0.25, 0.3) is 0 Å². The van der Waals surface area contributed by atoms with Gasteiger partial charge in [0.15, 0.2) is 0 Å². The Kier molecular flexibility index (Phi) is 6.46. The summed E-state index contributed by atoms with van der Waals surface area (Å²) in [7, 11) is 1.66. The zero-order chi connectivity index (χ0) is 16.7. The molecule has 0 saturated heterocycles. The maximum Gasteiger partial charge on any atom is 0.269 e. The lowest BCUT2D eigenvalue weighted by atomic mass is 10.3. The average Bonchev–Trinajstić information content (AvgIpc) is 2.37. The van der Waals surface area contributed by atoms with E-state index >= 15 is 0 Å². The Morgan fingerprint density at radius 1 is 1.18 bits per heavy atom. The number of rotatable bonds is 7. The largest absolute Gasteiger partial charge is 0.353 e. The van der Waals surface area contributed by atoms with Gasteiger partial charge in [-0.2, -0.15) is 0 Å². The molecule has 0 fully saturated rings. The third-order valence-corrected chi connectivity index (χ3v) is 2.64. The van der Waals surface area contributed by atoms with Crippen molar-refractivity contribution in [3.63, 3.8) is 0 Å². The van der Waals surface area contributed by atoms with Crippen molar-refractivity contribution in [2.75, 3.05) is 25.5 Å². The van der Waals surface area contributed by atoms with Crippen LogP contribution < -0.4 is 10.6 Å². The van der Waals surface area contributed by atoms with E-state index in [1.165, 1.54) is 24.3 Å². The van der Waals surface area contributed by atoms with Gasteiger partial charge < -0.3 is 10.6 Å². The maximum absolute atomic E-state index is 11.8. The minimum absolute atomic E-state index is 0.0412. The molecule has 0 spiro atoms. The van der Waals surface area contributed by atoms with E-state index in [0.29, 0.717) is 5.69 Å². The number of nitro benzene ring substituents is 1. The van der Waals surface area contributed by atoms with E-state index in [0.717, 1.165) is 0 Å². The number of nitrogens with zero attached hydrogens (tertiary/aromatic N) is 2. The van der Waals surface area contributed by atoms with Crippen LogP contribution in [0.4, 0.5) is 11.4 Å². The summed E-state index contributed by atoms with van der Waals surface area (Å²) in [4.78, 5) is 35.0. The first-order valence-corrected chi connectivity index (χ1v) is 6.80. The van der Waals surface area contributed by atoms with E-state index in [9.17, 15) is 19.7 Å². The molecule has 0 bridgehead atoms. The highest BCUT2D eigenvalue weighted by Crippen LogP contribution is 2.15. The topological polar surface area (TPSA) is 105 Å². The van der Waals surface area contributed by atoms with Gasteiger partial charge in [0, 0.05) is 23.9 Å². The summed E-state index contributed by atoms with van der Waals surface area (Å²) < 4.78 is 0. The Hall–Kier alpha value is -2.48. The standard InChI is InChI=1S/C14H20N4O4/c1-10(2)15-13(19)8-17(3)9-14(20)16-11-4-6-12(7-5-11)18(21)22/h4-7,10H,8-9H2,1-3H3,(H,15,19)(H,16,20). The highest BCUT2D eigenvalue weighted by atomic mass is 16.6. The molecule has 1 rings (SSSR count). The molecule has 1 aromatic rings. The van der Waals surface area contributed by atoms with E-state index in [4.69, 9.17) is 0 Å². The molecular formula is C14H20N4O4. The van der Waals surface area contributed by atoms with Crippen molar-refractivity contribution in [3.05, 3.63) is 34.4 Å². The highest BCUT2D eigenvalue weighted by molar-refractivity contribution is 5.92. The molecule has 0 aliphatic carbocycles. The number of amides is 2. The molecule has 0 saturated carbocycles. The lowest BCUT2D eigenvalue weighted by molar-refractivity contribution is -0.384. The van der Waals surface area contributed by atoms with E-state index in [1.807, 2.05) is 13.8 Å². The second-order valence-corrected chi connectivity index (χ2v) is 5.25. The fourth-order valence-corrected chi connectivity index (χ4v) is 1.78. The fourth-order valence-electron chi connectivity index (χ4n) is 1.78. The van der Waals surface area contributed by atoms with Crippen LogP contribution in [-0.4, -0.2) is 47.8 Å². The van der Waals surface area contributed by atoms with Gasteiger partial charge in [0.2, 0.25) is 11.8 Å². The summed E-state index contributed by atoms with van der Waals surface area (Å²) in [5, 5.41) is 15.9. The summed E-state index contributed by atoms with van der Waals surface area (Å²) in [6.07, 6.45) is 0. The van der Waals surface area contributed by atoms with Crippen molar-refractivity contribution in [1.29, 1.82) is 0 Å². The van der Waals surface area contributed by atoms with Gasteiger partial charge >= 0.3 is 0 Å². The molecule has 8 nitrogen and oxygen atoms in total. The van der Waals surface area contributed by atoms with Gasteiger partial charge in [0.05, 0.1) is 18.0 Å². The summed E-state index contributed by atoms with van der Waals surface area (Å²) >= 11 is 0.